The molecule has 0 aliphatic carbocycles. The molecular formula is C20H33ClN2O2. The first kappa shape index (κ1) is 21.8. The van der Waals surface area contributed by atoms with Crippen LogP contribution in [0.25, 0.3) is 0 Å². The van der Waals surface area contributed by atoms with E-state index in [0.29, 0.717) is 6.54 Å². The Morgan fingerprint density at radius 2 is 1.80 bits per heavy atom. The highest BCUT2D eigenvalue weighted by molar-refractivity contribution is 5.85. The van der Waals surface area contributed by atoms with Crippen LogP contribution >= 0.6 is 12.4 Å². The zero-order valence-electron chi connectivity index (χ0n) is 16.0. The lowest BCUT2D eigenvalue weighted by Gasteiger charge is -2.39. The summed E-state index contributed by atoms with van der Waals surface area (Å²) in [7, 11) is 0. The van der Waals surface area contributed by atoms with Gasteiger partial charge in [-0.2, -0.15) is 0 Å². The van der Waals surface area contributed by atoms with Crippen LogP contribution in [-0.4, -0.2) is 36.5 Å². The maximum atomic E-state index is 12.9. The quantitative estimate of drug-likeness (QED) is 0.829. The number of aryl methyl sites for hydroxylation is 2. The van der Waals surface area contributed by atoms with E-state index in [2.05, 4.69) is 39.8 Å². The van der Waals surface area contributed by atoms with Crippen molar-refractivity contribution in [1.82, 2.24) is 4.90 Å². The monoisotopic (exact) mass is 368 g/mol. The zero-order valence-corrected chi connectivity index (χ0v) is 16.8. The van der Waals surface area contributed by atoms with Crippen molar-refractivity contribution in [1.29, 1.82) is 0 Å². The molecule has 1 heterocycles. The van der Waals surface area contributed by atoms with Gasteiger partial charge in [0.05, 0.1) is 5.41 Å². The second kappa shape index (κ2) is 9.44. The summed E-state index contributed by atoms with van der Waals surface area (Å²) >= 11 is 0. The minimum Gasteiger partial charge on any atom is -0.490 e. The van der Waals surface area contributed by atoms with E-state index in [0.717, 1.165) is 44.5 Å². The van der Waals surface area contributed by atoms with Gasteiger partial charge >= 0.3 is 0 Å². The molecule has 0 atom stereocenters. The van der Waals surface area contributed by atoms with Crippen molar-refractivity contribution >= 4 is 18.3 Å². The van der Waals surface area contributed by atoms with Gasteiger partial charge in [0.25, 0.3) is 0 Å². The molecule has 5 heteroatoms. The normalized spacial score (nSPS) is 15.6. The molecule has 1 amide bonds. The van der Waals surface area contributed by atoms with E-state index in [1.54, 1.807) is 0 Å². The van der Waals surface area contributed by atoms with E-state index in [1.807, 2.05) is 11.0 Å². The van der Waals surface area contributed by atoms with Gasteiger partial charge in [0.15, 0.2) is 0 Å². The summed E-state index contributed by atoms with van der Waals surface area (Å²) < 4.78 is 6.12. The van der Waals surface area contributed by atoms with Crippen LogP contribution in [-0.2, 0) is 4.79 Å². The largest absolute Gasteiger partial charge is 0.490 e. The number of piperidine rings is 1. The Kier molecular flexibility index (Phi) is 8.23. The lowest BCUT2D eigenvalue weighted by molar-refractivity contribution is -0.144. The van der Waals surface area contributed by atoms with E-state index in [4.69, 9.17) is 10.5 Å². The predicted octanol–water partition coefficient (Wildman–Crippen LogP) is 3.86. The van der Waals surface area contributed by atoms with Crippen molar-refractivity contribution in [3.8, 4) is 5.75 Å². The average molecular weight is 369 g/mol. The van der Waals surface area contributed by atoms with Gasteiger partial charge in [-0.15, -0.1) is 12.4 Å². The number of rotatable bonds is 6. The van der Waals surface area contributed by atoms with Gasteiger partial charge in [0.2, 0.25) is 5.91 Å². The van der Waals surface area contributed by atoms with Crippen molar-refractivity contribution in [3.63, 3.8) is 0 Å². The number of carbonyl (C=O) groups excluding carboxylic acids is 1. The van der Waals surface area contributed by atoms with Crippen LogP contribution in [0.4, 0.5) is 0 Å². The minimum atomic E-state index is -0.387. The SMILES string of the molecule is CCC(CC)(CN)C(=O)N1CCC(Oc2ccc(C)c(C)c2)CC1.Cl. The van der Waals surface area contributed by atoms with Crippen molar-refractivity contribution in [2.24, 2.45) is 11.1 Å². The maximum Gasteiger partial charge on any atom is 0.230 e. The molecule has 0 spiro atoms. The number of nitrogens with two attached hydrogens (primary N) is 1. The number of carbonyl (C=O) groups is 1. The van der Waals surface area contributed by atoms with Crippen molar-refractivity contribution in [2.45, 2.75) is 59.5 Å². The van der Waals surface area contributed by atoms with Gasteiger partial charge in [-0.1, -0.05) is 19.9 Å². The standard InChI is InChI=1S/C20H32N2O2.ClH/c1-5-20(6-2,14-21)19(23)22-11-9-17(10-12-22)24-18-8-7-15(3)16(4)13-18;/h7-8,13,17H,5-6,9-12,14,21H2,1-4H3;1H. The van der Waals surface area contributed by atoms with E-state index < -0.39 is 0 Å². The first-order valence-electron chi connectivity index (χ1n) is 9.19. The molecule has 2 rings (SSSR count). The van der Waals surface area contributed by atoms with E-state index in [1.165, 1.54) is 11.1 Å². The first-order chi connectivity index (χ1) is 11.5. The Balaban J connectivity index is 0.00000312. The van der Waals surface area contributed by atoms with Crippen molar-refractivity contribution < 1.29 is 9.53 Å². The molecule has 0 bridgehead atoms. The molecule has 25 heavy (non-hydrogen) atoms. The number of hydrogen-bond donors (Lipinski definition) is 1. The Labute approximate surface area is 158 Å². The second-order valence-electron chi connectivity index (χ2n) is 7.05. The van der Waals surface area contributed by atoms with Gasteiger partial charge in [0, 0.05) is 32.5 Å². The van der Waals surface area contributed by atoms with Crippen LogP contribution in [0.1, 0.15) is 50.7 Å². The molecule has 4 nitrogen and oxygen atoms in total. The predicted molar refractivity (Wildman–Crippen MR) is 105 cm³/mol. The van der Waals surface area contributed by atoms with Crippen LogP contribution < -0.4 is 10.5 Å². The third kappa shape index (κ3) is 4.89. The van der Waals surface area contributed by atoms with Crippen molar-refractivity contribution in [2.75, 3.05) is 19.6 Å². The number of benzene rings is 1. The summed E-state index contributed by atoms with van der Waals surface area (Å²) in [5.41, 5.74) is 8.06. The third-order valence-corrected chi connectivity index (χ3v) is 5.71. The van der Waals surface area contributed by atoms with Gasteiger partial charge < -0.3 is 15.4 Å². The summed E-state index contributed by atoms with van der Waals surface area (Å²) in [6.45, 7) is 10.3. The molecule has 0 unspecified atom stereocenters. The van der Waals surface area contributed by atoms with Crippen LogP contribution in [0.15, 0.2) is 18.2 Å². The number of halogens is 1. The smallest absolute Gasteiger partial charge is 0.230 e. The molecule has 1 aliphatic rings. The molecule has 2 N–H and O–H groups in total. The summed E-state index contributed by atoms with van der Waals surface area (Å²) in [5.74, 6) is 1.15. The molecular weight excluding hydrogens is 336 g/mol. The van der Waals surface area contributed by atoms with Gasteiger partial charge in [-0.3, -0.25) is 4.79 Å². The molecule has 1 aliphatic heterocycles. The van der Waals surface area contributed by atoms with E-state index in [9.17, 15) is 4.79 Å². The summed E-state index contributed by atoms with van der Waals surface area (Å²) in [5, 5.41) is 0. The lowest BCUT2D eigenvalue weighted by atomic mass is 9.80. The van der Waals surface area contributed by atoms with Crippen molar-refractivity contribution in [3.05, 3.63) is 29.3 Å². The molecule has 1 saturated heterocycles. The summed E-state index contributed by atoms with van der Waals surface area (Å²) in [6.07, 6.45) is 3.56. The molecule has 142 valence electrons. The minimum absolute atomic E-state index is 0. The lowest BCUT2D eigenvalue weighted by Crippen LogP contribution is -2.51. The number of ether oxygens (including phenoxy) is 1. The highest BCUT2D eigenvalue weighted by Gasteiger charge is 2.38. The summed E-state index contributed by atoms with van der Waals surface area (Å²) in [4.78, 5) is 14.9. The fourth-order valence-corrected chi connectivity index (χ4v) is 3.42. The average Bonchev–Trinajstić information content (AvgIpc) is 2.61. The Bertz CT molecular complexity index is 557. The topological polar surface area (TPSA) is 55.6 Å². The fraction of sp³-hybridized carbons (Fsp3) is 0.650. The van der Waals surface area contributed by atoms with Gasteiger partial charge in [0.1, 0.15) is 11.9 Å². The molecule has 1 aromatic carbocycles. The number of hydrogen-bond acceptors (Lipinski definition) is 3. The van der Waals surface area contributed by atoms with Gasteiger partial charge in [-0.05, 0) is 49.9 Å². The molecule has 1 aromatic rings. The molecule has 0 aromatic heterocycles. The first-order valence-corrected chi connectivity index (χ1v) is 9.19. The number of likely N-dealkylation sites (tertiary alicyclic amines) is 1. The summed E-state index contributed by atoms with van der Waals surface area (Å²) in [6, 6.07) is 6.23. The maximum absolute atomic E-state index is 12.9. The molecule has 0 saturated carbocycles. The Morgan fingerprint density at radius 1 is 1.20 bits per heavy atom. The van der Waals surface area contributed by atoms with Crippen LogP contribution in [0.2, 0.25) is 0 Å². The highest BCUT2D eigenvalue weighted by atomic mass is 35.5. The number of amides is 1. The van der Waals surface area contributed by atoms with E-state index >= 15 is 0 Å². The second-order valence-corrected chi connectivity index (χ2v) is 7.05. The van der Waals surface area contributed by atoms with Crippen LogP contribution in [0, 0.1) is 19.3 Å². The third-order valence-electron chi connectivity index (χ3n) is 5.71. The van der Waals surface area contributed by atoms with Gasteiger partial charge in [-0.25, -0.2) is 0 Å². The Hall–Kier alpha value is -1.26. The zero-order chi connectivity index (χ0) is 17.7. The molecule has 0 radical (unpaired) electrons. The number of nitrogens with zero attached hydrogens (tertiary/aromatic N) is 1. The highest BCUT2D eigenvalue weighted by Crippen LogP contribution is 2.30. The van der Waals surface area contributed by atoms with Crippen LogP contribution in [0.3, 0.4) is 0 Å². The molecule has 1 fully saturated rings. The Morgan fingerprint density at radius 3 is 2.28 bits per heavy atom. The fourth-order valence-electron chi connectivity index (χ4n) is 3.42. The van der Waals surface area contributed by atoms with E-state index in [-0.39, 0.29) is 29.8 Å². The van der Waals surface area contributed by atoms with Crippen LogP contribution in [0.5, 0.6) is 5.75 Å².